The topological polar surface area (TPSA) is 58.0 Å². The predicted octanol–water partition coefficient (Wildman–Crippen LogP) is 5.86. The minimum absolute atomic E-state index is 0.108. The fourth-order valence-electron chi connectivity index (χ4n) is 4.52. The van der Waals surface area contributed by atoms with E-state index in [0.717, 1.165) is 16.7 Å². The average molecular weight is 424 g/mol. The molecule has 0 amide bonds. The number of fused-ring (bicyclic) bond motifs is 1. The van der Waals surface area contributed by atoms with Gasteiger partial charge in [0.25, 0.3) is 0 Å². The van der Waals surface area contributed by atoms with Crippen LogP contribution in [-0.2, 0) is 0 Å². The van der Waals surface area contributed by atoms with E-state index in [4.69, 9.17) is 17.0 Å². The van der Waals surface area contributed by atoms with Gasteiger partial charge in [-0.15, -0.1) is 11.6 Å². The van der Waals surface area contributed by atoms with Crippen molar-refractivity contribution in [1.82, 2.24) is 0 Å². The number of allylic oxidation sites excluding steroid dienone is 4. The van der Waals surface area contributed by atoms with Crippen molar-refractivity contribution in [3.05, 3.63) is 118 Å². The SMILES string of the molecule is N=C1C2=C(C(=O)c3ccccc3C2=O)C(c2ccccc2)=C(c2ccccc2)C1CCl. The molecule has 0 aliphatic heterocycles. The molecule has 0 bridgehead atoms. The van der Waals surface area contributed by atoms with Gasteiger partial charge >= 0.3 is 0 Å². The van der Waals surface area contributed by atoms with Gasteiger partial charge in [0.2, 0.25) is 0 Å². The second-order valence-electron chi connectivity index (χ2n) is 7.60. The second-order valence-corrected chi connectivity index (χ2v) is 7.90. The summed E-state index contributed by atoms with van der Waals surface area (Å²) < 4.78 is 0. The van der Waals surface area contributed by atoms with Crippen molar-refractivity contribution in [3.8, 4) is 0 Å². The Morgan fingerprint density at radius 3 is 1.68 bits per heavy atom. The van der Waals surface area contributed by atoms with Gasteiger partial charge in [0, 0.05) is 28.5 Å². The Morgan fingerprint density at radius 2 is 1.13 bits per heavy atom. The minimum atomic E-state index is -0.500. The summed E-state index contributed by atoms with van der Waals surface area (Å²) in [6.07, 6.45) is 0. The molecule has 0 radical (unpaired) electrons. The second kappa shape index (κ2) is 7.60. The summed E-state index contributed by atoms with van der Waals surface area (Å²) in [6, 6.07) is 26.1. The van der Waals surface area contributed by atoms with Crippen LogP contribution in [0.2, 0.25) is 0 Å². The molecule has 0 heterocycles. The normalized spacial score (nSPS) is 18.2. The van der Waals surface area contributed by atoms with Gasteiger partial charge in [-0.1, -0.05) is 84.9 Å². The summed E-state index contributed by atoms with van der Waals surface area (Å²) in [7, 11) is 0. The lowest BCUT2D eigenvalue weighted by Crippen LogP contribution is -2.35. The average Bonchev–Trinajstić information content (AvgIpc) is 2.83. The number of hydrogen-bond donors (Lipinski definition) is 1. The first-order valence-corrected chi connectivity index (χ1v) is 10.6. The zero-order chi connectivity index (χ0) is 21.5. The van der Waals surface area contributed by atoms with Gasteiger partial charge in [-0.3, -0.25) is 9.59 Å². The summed E-state index contributed by atoms with van der Waals surface area (Å²) in [5.41, 5.74) is 4.54. The fourth-order valence-corrected chi connectivity index (χ4v) is 4.83. The monoisotopic (exact) mass is 423 g/mol. The van der Waals surface area contributed by atoms with Crippen LogP contribution >= 0.6 is 11.6 Å². The van der Waals surface area contributed by atoms with Crippen molar-refractivity contribution in [2.45, 2.75) is 0 Å². The highest BCUT2D eigenvalue weighted by molar-refractivity contribution is 6.45. The van der Waals surface area contributed by atoms with Gasteiger partial charge in [-0.25, -0.2) is 0 Å². The van der Waals surface area contributed by atoms with Crippen LogP contribution in [0.3, 0.4) is 0 Å². The molecular formula is C27H18ClNO2. The standard InChI is InChI=1S/C27H18ClNO2/c28-15-20-21(16-9-3-1-4-10-16)22(17-11-5-2-6-12-17)23-24(25(20)29)27(31)19-14-8-7-13-18(19)26(23)30/h1-14,20,29H,15H2. The minimum Gasteiger partial charge on any atom is -0.304 e. The number of halogens is 1. The first kappa shape index (κ1) is 19.4. The molecule has 0 saturated carbocycles. The molecule has 1 N–H and O–H groups in total. The largest absolute Gasteiger partial charge is 0.304 e. The molecule has 0 aromatic heterocycles. The number of alkyl halides is 1. The van der Waals surface area contributed by atoms with E-state index in [-0.39, 0.29) is 28.7 Å². The smallest absolute Gasteiger partial charge is 0.196 e. The number of nitrogens with one attached hydrogen (secondary N) is 1. The molecule has 0 spiro atoms. The molecule has 0 fully saturated rings. The molecule has 5 rings (SSSR count). The number of hydrogen-bond acceptors (Lipinski definition) is 3. The van der Waals surface area contributed by atoms with Crippen molar-refractivity contribution in [2.75, 3.05) is 5.88 Å². The number of Topliss-reactive ketones (excluding diaryl/α,β-unsaturated/α-hetero) is 2. The Bertz CT molecular complexity index is 1300. The zero-order valence-electron chi connectivity index (χ0n) is 16.6. The van der Waals surface area contributed by atoms with E-state index in [0.29, 0.717) is 22.3 Å². The first-order chi connectivity index (χ1) is 15.1. The molecule has 4 heteroatoms. The van der Waals surface area contributed by atoms with Crippen molar-refractivity contribution in [3.63, 3.8) is 0 Å². The Morgan fingerprint density at radius 1 is 0.645 bits per heavy atom. The molecule has 2 aliphatic carbocycles. The number of rotatable bonds is 3. The third-order valence-electron chi connectivity index (χ3n) is 5.91. The molecule has 150 valence electrons. The predicted molar refractivity (Wildman–Crippen MR) is 124 cm³/mol. The van der Waals surface area contributed by atoms with Gasteiger partial charge in [-0.05, 0) is 22.3 Å². The van der Waals surface area contributed by atoms with Crippen molar-refractivity contribution in [2.24, 2.45) is 5.92 Å². The van der Waals surface area contributed by atoms with E-state index >= 15 is 0 Å². The lowest BCUT2D eigenvalue weighted by Gasteiger charge is -2.34. The summed E-state index contributed by atoms with van der Waals surface area (Å²) in [5.74, 6) is -0.875. The van der Waals surface area contributed by atoms with Crippen LogP contribution in [0.5, 0.6) is 0 Å². The molecule has 3 aromatic carbocycles. The van der Waals surface area contributed by atoms with Crippen molar-refractivity contribution >= 4 is 40.0 Å². The van der Waals surface area contributed by atoms with Gasteiger partial charge < -0.3 is 5.41 Å². The van der Waals surface area contributed by atoms with Gasteiger partial charge in [0.1, 0.15) is 0 Å². The molecular weight excluding hydrogens is 406 g/mol. The summed E-state index contributed by atoms with van der Waals surface area (Å²) >= 11 is 6.39. The van der Waals surface area contributed by atoms with E-state index < -0.39 is 5.92 Å². The van der Waals surface area contributed by atoms with E-state index in [1.54, 1.807) is 24.3 Å². The van der Waals surface area contributed by atoms with E-state index in [2.05, 4.69) is 0 Å². The summed E-state index contributed by atoms with van der Waals surface area (Å²) in [4.78, 5) is 27.2. The van der Waals surface area contributed by atoms with Crippen LogP contribution < -0.4 is 0 Å². The fraction of sp³-hybridized carbons (Fsp3) is 0.0741. The number of benzene rings is 3. The highest BCUT2D eigenvalue weighted by atomic mass is 35.5. The maximum atomic E-state index is 13.7. The molecule has 3 nitrogen and oxygen atoms in total. The highest BCUT2D eigenvalue weighted by Crippen LogP contribution is 2.47. The molecule has 2 aliphatic rings. The molecule has 1 unspecified atom stereocenters. The number of carbonyl (C=O) groups is 2. The third-order valence-corrected chi connectivity index (χ3v) is 6.22. The van der Waals surface area contributed by atoms with Crippen LogP contribution in [0.4, 0.5) is 0 Å². The quantitative estimate of drug-likeness (QED) is 0.536. The molecule has 31 heavy (non-hydrogen) atoms. The Balaban J connectivity index is 1.91. The van der Waals surface area contributed by atoms with E-state index in [1.807, 2.05) is 60.7 Å². The summed E-state index contributed by atoms with van der Waals surface area (Å²) in [5, 5.41) is 8.92. The maximum Gasteiger partial charge on any atom is 0.196 e. The number of ketones is 2. The third kappa shape index (κ3) is 2.93. The van der Waals surface area contributed by atoms with Crippen LogP contribution in [0.25, 0.3) is 11.1 Å². The molecule has 3 aromatic rings. The van der Waals surface area contributed by atoms with Crippen LogP contribution in [0, 0.1) is 11.3 Å². The Kier molecular flexibility index (Phi) is 4.76. The summed E-state index contributed by atoms with van der Waals surface area (Å²) in [6.45, 7) is 0. The molecule has 1 atom stereocenters. The lowest BCUT2D eigenvalue weighted by molar-refractivity contribution is 0.0982. The van der Waals surface area contributed by atoms with Gasteiger partial charge in [0.05, 0.1) is 11.3 Å². The van der Waals surface area contributed by atoms with Crippen LogP contribution in [0.1, 0.15) is 31.8 Å². The van der Waals surface area contributed by atoms with Crippen molar-refractivity contribution in [1.29, 1.82) is 5.41 Å². The van der Waals surface area contributed by atoms with Crippen LogP contribution in [0.15, 0.2) is 96.1 Å². The van der Waals surface area contributed by atoms with Gasteiger partial charge in [0.15, 0.2) is 11.6 Å². The van der Waals surface area contributed by atoms with Crippen molar-refractivity contribution < 1.29 is 9.59 Å². The Labute approximate surface area is 185 Å². The maximum absolute atomic E-state index is 13.7. The van der Waals surface area contributed by atoms with Gasteiger partial charge in [-0.2, -0.15) is 0 Å². The van der Waals surface area contributed by atoms with E-state index in [9.17, 15) is 9.59 Å². The molecule has 0 saturated heterocycles. The number of carbonyl (C=O) groups excluding carboxylic acids is 2. The van der Waals surface area contributed by atoms with E-state index in [1.165, 1.54) is 0 Å². The zero-order valence-corrected chi connectivity index (χ0v) is 17.3. The first-order valence-electron chi connectivity index (χ1n) is 10.1. The highest BCUT2D eigenvalue weighted by Gasteiger charge is 2.43. The lowest BCUT2D eigenvalue weighted by atomic mass is 9.67. The Hall–Kier alpha value is -3.56. The van der Waals surface area contributed by atoms with Crippen LogP contribution in [-0.4, -0.2) is 23.2 Å².